The quantitative estimate of drug-likeness (QED) is 0.416. The van der Waals surface area contributed by atoms with Crippen molar-refractivity contribution in [3.8, 4) is 11.5 Å². The molecule has 0 aliphatic carbocycles. The lowest BCUT2D eigenvalue weighted by atomic mass is 10.2. The minimum atomic E-state index is 0.172. The number of aryl methyl sites for hydroxylation is 1. The van der Waals surface area contributed by atoms with Crippen LogP contribution in [0.25, 0.3) is 0 Å². The molecule has 0 spiro atoms. The van der Waals surface area contributed by atoms with Crippen molar-refractivity contribution in [2.24, 2.45) is 5.73 Å². The van der Waals surface area contributed by atoms with Gasteiger partial charge in [-0.15, -0.1) is 10.5 Å². The number of nitrogens with two attached hydrogens (primary N) is 1. The highest BCUT2D eigenvalue weighted by atomic mass is 32.1. The van der Waals surface area contributed by atoms with Gasteiger partial charge in [-0.25, -0.2) is 0 Å². The zero-order valence-electron chi connectivity index (χ0n) is 13.1. The molecule has 0 aliphatic rings. The maximum Gasteiger partial charge on any atom is 0.221 e. The first-order valence-electron chi connectivity index (χ1n) is 7.09. The van der Waals surface area contributed by atoms with Gasteiger partial charge >= 0.3 is 0 Å². The zero-order chi connectivity index (χ0) is 16.7. The van der Waals surface area contributed by atoms with Crippen LogP contribution in [0.1, 0.15) is 16.7 Å². The number of benzene rings is 2. The molecule has 6 heteroatoms. The molecule has 0 fully saturated rings. The van der Waals surface area contributed by atoms with Crippen molar-refractivity contribution < 1.29 is 14.6 Å². The highest BCUT2D eigenvalue weighted by molar-refractivity contribution is 7.80. The zero-order valence-corrected chi connectivity index (χ0v) is 13.9. The Morgan fingerprint density at radius 2 is 1.96 bits per heavy atom. The van der Waals surface area contributed by atoms with Crippen LogP contribution in [-0.2, 0) is 6.61 Å². The Kier molecular flexibility index (Phi) is 5.94. The SMILES string of the molecule is COc1cc(C=[NH+]NC(N)=S)ccc1OCc1ccc(C)cc1. The van der Waals surface area contributed by atoms with Crippen molar-refractivity contribution in [1.82, 2.24) is 5.43 Å². The van der Waals surface area contributed by atoms with Gasteiger partial charge in [-0.1, -0.05) is 29.8 Å². The summed E-state index contributed by atoms with van der Waals surface area (Å²) in [5.41, 5.74) is 11.2. The second-order valence-electron chi connectivity index (χ2n) is 4.96. The fraction of sp³-hybridized carbons (Fsp3) is 0.176. The summed E-state index contributed by atoms with van der Waals surface area (Å²) < 4.78 is 11.2. The number of rotatable bonds is 6. The first kappa shape index (κ1) is 16.8. The molecule has 0 unspecified atom stereocenters. The number of hydrogen-bond donors (Lipinski definition) is 3. The molecule has 0 aliphatic heterocycles. The van der Waals surface area contributed by atoms with Crippen LogP contribution in [0.15, 0.2) is 42.5 Å². The fourth-order valence-corrected chi connectivity index (χ4v) is 1.99. The van der Waals surface area contributed by atoms with Crippen molar-refractivity contribution in [3.05, 3.63) is 59.2 Å². The lowest BCUT2D eigenvalue weighted by Gasteiger charge is -2.11. The average Bonchev–Trinajstić information content (AvgIpc) is 2.54. The predicted molar refractivity (Wildman–Crippen MR) is 94.6 cm³/mol. The number of hydrazine groups is 1. The van der Waals surface area contributed by atoms with Gasteiger partial charge in [0.2, 0.25) is 5.11 Å². The van der Waals surface area contributed by atoms with E-state index in [0.29, 0.717) is 18.1 Å². The third-order valence-electron chi connectivity index (χ3n) is 3.14. The minimum Gasteiger partial charge on any atom is -0.493 e. The van der Waals surface area contributed by atoms with Gasteiger partial charge in [0, 0.05) is 5.56 Å². The van der Waals surface area contributed by atoms with Crippen LogP contribution < -0.4 is 25.7 Å². The van der Waals surface area contributed by atoms with Crippen molar-refractivity contribution in [3.63, 3.8) is 0 Å². The third-order valence-corrected chi connectivity index (χ3v) is 3.24. The molecule has 0 amide bonds. The van der Waals surface area contributed by atoms with Crippen molar-refractivity contribution in [1.29, 1.82) is 0 Å². The standard InChI is InChI=1S/C17H19N3O2S/c1-12-3-5-13(6-4-12)11-22-15-8-7-14(9-16(15)21-2)10-19-20-17(18)23/h3-10H,11H2,1-2H3,(H3,18,20,23)/p+1. The molecule has 4 N–H and O–H groups in total. The molecule has 2 rings (SSSR count). The summed E-state index contributed by atoms with van der Waals surface area (Å²) >= 11 is 4.71. The summed E-state index contributed by atoms with van der Waals surface area (Å²) in [7, 11) is 1.61. The summed E-state index contributed by atoms with van der Waals surface area (Å²) in [6, 6.07) is 13.9. The lowest BCUT2D eigenvalue weighted by Crippen LogP contribution is -2.82. The maximum absolute atomic E-state index is 5.84. The minimum absolute atomic E-state index is 0.172. The largest absolute Gasteiger partial charge is 0.493 e. The molecular formula is C17H20N3O2S+. The third kappa shape index (κ3) is 5.27. The van der Waals surface area contributed by atoms with Crippen LogP contribution in [0.2, 0.25) is 0 Å². The number of nitrogens with one attached hydrogen (secondary N) is 2. The first-order chi connectivity index (χ1) is 11.1. The molecule has 5 nitrogen and oxygen atoms in total. The van der Waals surface area contributed by atoms with E-state index in [2.05, 4.69) is 41.7 Å². The van der Waals surface area contributed by atoms with E-state index in [1.807, 2.05) is 18.2 Å². The fourth-order valence-electron chi connectivity index (χ4n) is 1.93. The van der Waals surface area contributed by atoms with E-state index in [4.69, 9.17) is 27.4 Å². The van der Waals surface area contributed by atoms with Crippen LogP contribution in [0.3, 0.4) is 0 Å². The van der Waals surface area contributed by atoms with Gasteiger partial charge in [0.25, 0.3) is 0 Å². The van der Waals surface area contributed by atoms with E-state index < -0.39 is 0 Å². The molecule has 0 heterocycles. The summed E-state index contributed by atoms with van der Waals surface area (Å²) in [4.78, 5) is 0. The number of ether oxygens (including phenoxy) is 2. The van der Waals surface area contributed by atoms with Gasteiger partial charge in [0.05, 0.1) is 7.11 Å². The van der Waals surface area contributed by atoms with Crippen LogP contribution in [0.5, 0.6) is 11.5 Å². The van der Waals surface area contributed by atoms with Crippen LogP contribution in [0, 0.1) is 6.92 Å². The lowest BCUT2D eigenvalue weighted by molar-refractivity contribution is -0.499. The smallest absolute Gasteiger partial charge is 0.221 e. The normalized spacial score (nSPS) is 10.5. The molecule has 0 saturated heterocycles. The summed E-state index contributed by atoms with van der Waals surface area (Å²) in [6.45, 7) is 2.55. The van der Waals surface area contributed by atoms with E-state index in [-0.39, 0.29) is 5.11 Å². The molecule has 2 aromatic carbocycles. The first-order valence-corrected chi connectivity index (χ1v) is 7.50. The van der Waals surface area contributed by atoms with Crippen LogP contribution in [0.4, 0.5) is 0 Å². The van der Waals surface area contributed by atoms with Crippen molar-refractivity contribution in [2.75, 3.05) is 7.11 Å². The highest BCUT2D eigenvalue weighted by Gasteiger charge is 2.06. The number of methoxy groups -OCH3 is 1. The molecule has 23 heavy (non-hydrogen) atoms. The van der Waals surface area contributed by atoms with Crippen molar-refractivity contribution >= 4 is 23.5 Å². The Labute approximate surface area is 141 Å². The Morgan fingerprint density at radius 3 is 2.61 bits per heavy atom. The second kappa shape index (κ2) is 8.14. The van der Waals surface area contributed by atoms with E-state index in [1.54, 1.807) is 13.3 Å². The molecule has 0 aromatic heterocycles. The van der Waals surface area contributed by atoms with Gasteiger partial charge in [0.1, 0.15) is 6.61 Å². The van der Waals surface area contributed by atoms with E-state index in [9.17, 15) is 0 Å². The predicted octanol–water partition coefficient (Wildman–Crippen LogP) is 0.830. The summed E-state index contributed by atoms with van der Waals surface area (Å²) in [5, 5.41) is 2.97. The Hall–Kier alpha value is -2.60. The Morgan fingerprint density at radius 1 is 1.22 bits per heavy atom. The van der Waals surface area contributed by atoms with Gasteiger partial charge < -0.3 is 15.2 Å². The van der Waals surface area contributed by atoms with Gasteiger partial charge in [0.15, 0.2) is 17.7 Å². The molecule has 0 bridgehead atoms. The Bertz CT molecular complexity index is 699. The van der Waals surface area contributed by atoms with E-state index >= 15 is 0 Å². The maximum atomic E-state index is 5.84. The second-order valence-corrected chi connectivity index (χ2v) is 5.40. The molecule has 0 saturated carbocycles. The van der Waals surface area contributed by atoms with E-state index in [0.717, 1.165) is 11.1 Å². The van der Waals surface area contributed by atoms with E-state index in [1.165, 1.54) is 5.56 Å². The van der Waals surface area contributed by atoms with Crippen LogP contribution >= 0.6 is 12.2 Å². The number of thiocarbonyl (C=S) groups is 1. The molecule has 0 radical (unpaired) electrons. The summed E-state index contributed by atoms with van der Waals surface area (Å²) in [6.07, 6.45) is 1.73. The number of hydrogen-bond acceptors (Lipinski definition) is 3. The topological polar surface area (TPSA) is 70.5 Å². The number of hydrazone groups is 1. The highest BCUT2D eigenvalue weighted by Crippen LogP contribution is 2.28. The Balaban J connectivity index is 2.05. The molecule has 2 aromatic rings. The average molecular weight is 330 g/mol. The van der Waals surface area contributed by atoms with Crippen LogP contribution in [-0.4, -0.2) is 18.4 Å². The van der Waals surface area contributed by atoms with Gasteiger partial charge in [-0.3, -0.25) is 0 Å². The molecule has 0 atom stereocenters. The van der Waals surface area contributed by atoms with Gasteiger partial charge in [-0.2, -0.15) is 0 Å². The van der Waals surface area contributed by atoms with Gasteiger partial charge in [-0.05, 0) is 42.9 Å². The monoisotopic (exact) mass is 330 g/mol. The summed E-state index contributed by atoms with van der Waals surface area (Å²) in [5.74, 6) is 1.34. The molecular weight excluding hydrogens is 310 g/mol. The molecule has 120 valence electrons. The van der Waals surface area contributed by atoms with Crippen molar-refractivity contribution in [2.45, 2.75) is 13.5 Å².